The number of nitrogens with one attached hydrogen (secondary N) is 1. The third-order valence-electron chi connectivity index (χ3n) is 3.28. The van der Waals surface area contributed by atoms with Gasteiger partial charge >= 0.3 is 0 Å². The first kappa shape index (κ1) is 12.8. The predicted molar refractivity (Wildman–Crippen MR) is 74.4 cm³/mol. The van der Waals surface area contributed by atoms with Crippen molar-refractivity contribution in [3.8, 4) is 0 Å². The third-order valence-corrected chi connectivity index (χ3v) is 3.28. The highest BCUT2D eigenvalue weighted by atomic mass is 15.1. The highest BCUT2D eigenvalue weighted by Crippen LogP contribution is 2.15. The highest BCUT2D eigenvalue weighted by Gasteiger charge is 2.07. The van der Waals surface area contributed by atoms with Crippen molar-refractivity contribution in [1.82, 2.24) is 14.9 Å². The molecule has 0 aliphatic rings. The van der Waals surface area contributed by atoms with E-state index in [9.17, 15) is 0 Å². The summed E-state index contributed by atoms with van der Waals surface area (Å²) in [5.41, 5.74) is 1.36. The van der Waals surface area contributed by atoms with E-state index in [1.165, 1.54) is 5.56 Å². The first-order valence-corrected chi connectivity index (χ1v) is 6.57. The van der Waals surface area contributed by atoms with Gasteiger partial charge in [0.2, 0.25) is 0 Å². The smallest absolute Gasteiger partial charge is 0.105 e. The molecule has 3 nitrogen and oxygen atoms in total. The van der Waals surface area contributed by atoms with Gasteiger partial charge in [-0.2, -0.15) is 0 Å². The van der Waals surface area contributed by atoms with Crippen LogP contribution < -0.4 is 5.32 Å². The Hall–Kier alpha value is -1.61. The number of hydrogen-bond acceptors (Lipinski definition) is 2. The fraction of sp³-hybridized carbons (Fsp3) is 0.400. The van der Waals surface area contributed by atoms with Gasteiger partial charge in [0.15, 0.2) is 0 Å². The Morgan fingerprint density at radius 3 is 2.67 bits per heavy atom. The molecule has 1 aromatic carbocycles. The molecule has 1 atom stereocenters. The quantitative estimate of drug-likeness (QED) is 0.845. The van der Waals surface area contributed by atoms with E-state index in [0.717, 1.165) is 25.3 Å². The molecule has 0 radical (unpaired) electrons. The van der Waals surface area contributed by atoms with E-state index in [1.807, 2.05) is 19.3 Å². The molecule has 1 heterocycles. The summed E-state index contributed by atoms with van der Waals surface area (Å²) >= 11 is 0. The van der Waals surface area contributed by atoms with Gasteiger partial charge in [-0.15, -0.1) is 0 Å². The zero-order chi connectivity index (χ0) is 12.8. The van der Waals surface area contributed by atoms with E-state index in [0.29, 0.717) is 6.04 Å². The Balaban J connectivity index is 1.87. The maximum atomic E-state index is 4.23. The molecule has 0 bridgehead atoms. The number of nitrogens with zero attached hydrogens (tertiary/aromatic N) is 2. The molecule has 0 spiro atoms. The molecule has 0 saturated heterocycles. The van der Waals surface area contributed by atoms with Gasteiger partial charge in [-0.05, 0) is 18.9 Å². The van der Waals surface area contributed by atoms with Gasteiger partial charge in [-0.1, -0.05) is 37.3 Å². The van der Waals surface area contributed by atoms with E-state index in [4.69, 9.17) is 0 Å². The molecule has 2 rings (SSSR count). The largest absolute Gasteiger partial charge is 0.334 e. The van der Waals surface area contributed by atoms with Crippen LogP contribution in [0.1, 0.15) is 30.8 Å². The topological polar surface area (TPSA) is 29.9 Å². The van der Waals surface area contributed by atoms with Crippen molar-refractivity contribution in [2.24, 2.45) is 0 Å². The second-order valence-electron chi connectivity index (χ2n) is 4.49. The van der Waals surface area contributed by atoms with Crippen LogP contribution in [0.25, 0.3) is 0 Å². The second-order valence-corrected chi connectivity index (χ2v) is 4.49. The average Bonchev–Trinajstić information content (AvgIpc) is 2.81. The van der Waals surface area contributed by atoms with Crippen LogP contribution in [0.2, 0.25) is 0 Å². The van der Waals surface area contributed by atoms with Gasteiger partial charge in [-0.25, -0.2) is 4.98 Å². The van der Waals surface area contributed by atoms with E-state index < -0.39 is 0 Å². The maximum absolute atomic E-state index is 4.23. The van der Waals surface area contributed by atoms with Gasteiger partial charge in [0.05, 0.1) is 0 Å². The van der Waals surface area contributed by atoms with Crippen molar-refractivity contribution in [3.05, 3.63) is 54.1 Å². The average molecular weight is 243 g/mol. The van der Waals surface area contributed by atoms with E-state index in [-0.39, 0.29) is 0 Å². The minimum atomic E-state index is 0.440. The molecule has 0 fully saturated rings. The van der Waals surface area contributed by atoms with Crippen LogP contribution >= 0.6 is 0 Å². The summed E-state index contributed by atoms with van der Waals surface area (Å²) in [7, 11) is 0. The summed E-state index contributed by atoms with van der Waals surface area (Å²) in [6, 6.07) is 11.1. The Morgan fingerprint density at radius 2 is 2.06 bits per heavy atom. The molecule has 2 aromatic rings. The Labute approximate surface area is 109 Å². The highest BCUT2D eigenvalue weighted by molar-refractivity contribution is 5.18. The normalized spacial score (nSPS) is 12.6. The van der Waals surface area contributed by atoms with Crippen molar-refractivity contribution in [3.63, 3.8) is 0 Å². The van der Waals surface area contributed by atoms with E-state index >= 15 is 0 Å². The van der Waals surface area contributed by atoms with E-state index in [1.54, 1.807) is 0 Å². The standard InChI is InChI=1S/C15H21N3/c1-3-15(14-7-5-4-6-8-14)17-10-12-18-11-9-16-13(18)2/h4-9,11,15,17H,3,10,12H2,1-2H3. The fourth-order valence-corrected chi connectivity index (χ4v) is 2.18. The molecule has 0 amide bonds. The van der Waals surface area contributed by atoms with Crippen molar-refractivity contribution in [2.75, 3.05) is 6.54 Å². The lowest BCUT2D eigenvalue weighted by atomic mass is 10.0. The van der Waals surface area contributed by atoms with Gasteiger partial charge in [-0.3, -0.25) is 0 Å². The number of benzene rings is 1. The van der Waals surface area contributed by atoms with Crippen molar-refractivity contribution in [2.45, 2.75) is 32.9 Å². The molecule has 3 heteroatoms. The summed E-state index contributed by atoms with van der Waals surface area (Å²) in [6.45, 7) is 6.18. The van der Waals surface area contributed by atoms with Crippen molar-refractivity contribution in [1.29, 1.82) is 0 Å². The molecular formula is C15H21N3. The monoisotopic (exact) mass is 243 g/mol. The molecule has 0 aliphatic heterocycles. The van der Waals surface area contributed by atoms with Gasteiger partial charge in [0.25, 0.3) is 0 Å². The second kappa shape index (κ2) is 6.36. The van der Waals surface area contributed by atoms with Crippen molar-refractivity contribution < 1.29 is 0 Å². The summed E-state index contributed by atoms with van der Waals surface area (Å²) < 4.78 is 2.17. The number of imidazole rings is 1. The van der Waals surface area contributed by atoms with E-state index in [2.05, 4.69) is 52.1 Å². The summed E-state index contributed by atoms with van der Waals surface area (Å²) in [6.07, 6.45) is 4.98. The molecule has 18 heavy (non-hydrogen) atoms. The number of aryl methyl sites for hydroxylation is 1. The van der Waals surface area contributed by atoms with Crippen LogP contribution in [0.3, 0.4) is 0 Å². The molecule has 96 valence electrons. The minimum Gasteiger partial charge on any atom is -0.334 e. The number of rotatable bonds is 6. The third kappa shape index (κ3) is 3.20. The lowest BCUT2D eigenvalue weighted by Gasteiger charge is -2.17. The fourth-order valence-electron chi connectivity index (χ4n) is 2.18. The summed E-state index contributed by atoms with van der Waals surface area (Å²) in [4.78, 5) is 4.23. The molecule has 1 N–H and O–H groups in total. The van der Waals surface area contributed by atoms with Crippen LogP contribution in [0.5, 0.6) is 0 Å². The van der Waals surface area contributed by atoms with Crippen LogP contribution in [0, 0.1) is 6.92 Å². The Bertz CT molecular complexity index is 462. The van der Waals surface area contributed by atoms with Crippen LogP contribution in [-0.2, 0) is 6.54 Å². The summed E-state index contributed by atoms with van der Waals surface area (Å²) in [5, 5.41) is 3.60. The lowest BCUT2D eigenvalue weighted by Crippen LogP contribution is -2.25. The maximum Gasteiger partial charge on any atom is 0.105 e. The molecule has 0 saturated carbocycles. The predicted octanol–water partition coefficient (Wildman–Crippen LogP) is 2.93. The molecule has 1 aromatic heterocycles. The number of aromatic nitrogens is 2. The first-order chi connectivity index (χ1) is 8.81. The van der Waals surface area contributed by atoms with Crippen molar-refractivity contribution >= 4 is 0 Å². The lowest BCUT2D eigenvalue weighted by molar-refractivity contribution is 0.489. The summed E-state index contributed by atoms with van der Waals surface area (Å²) in [5.74, 6) is 1.07. The zero-order valence-electron chi connectivity index (χ0n) is 11.1. The van der Waals surface area contributed by atoms with Gasteiger partial charge in [0.1, 0.15) is 5.82 Å². The Morgan fingerprint density at radius 1 is 1.28 bits per heavy atom. The SMILES string of the molecule is CCC(NCCn1ccnc1C)c1ccccc1. The number of hydrogen-bond donors (Lipinski definition) is 1. The first-order valence-electron chi connectivity index (χ1n) is 6.57. The molecule has 0 aliphatic carbocycles. The molecule has 1 unspecified atom stereocenters. The molecular weight excluding hydrogens is 222 g/mol. The van der Waals surface area contributed by atoms with Crippen LogP contribution in [-0.4, -0.2) is 16.1 Å². The van der Waals surface area contributed by atoms with Crippen LogP contribution in [0.4, 0.5) is 0 Å². The van der Waals surface area contributed by atoms with Crippen LogP contribution in [0.15, 0.2) is 42.7 Å². The Kier molecular flexibility index (Phi) is 4.53. The van der Waals surface area contributed by atoms with Gasteiger partial charge in [0, 0.05) is 31.5 Å². The van der Waals surface area contributed by atoms with Gasteiger partial charge < -0.3 is 9.88 Å². The zero-order valence-corrected chi connectivity index (χ0v) is 11.1. The minimum absolute atomic E-state index is 0.440.